The minimum absolute atomic E-state index is 0.0206. The molecule has 7 heteroatoms. The van der Waals surface area contributed by atoms with Crippen molar-refractivity contribution in [2.24, 2.45) is 0 Å². The smallest absolute Gasteiger partial charge is 0.220 e. The third-order valence-corrected chi connectivity index (χ3v) is 4.75. The van der Waals surface area contributed by atoms with Crippen LogP contribution in [0, 0.1) is 0 Å². The number of hydrogen-bond donors (Lipinski definition) is 2. The lowest BCUT2D eigenvalue weighted by Gasteiger charge is -2.29. The summed E-state index contributed by atoms with van der Waals surface area (Å²) in [6.45, 7) is 4.89. The molecule has 28 heavy (non-hydrogen) atoms. The number of amides is 2. The molecule has 1 rings (SSSR count). The molecule has 7 nitrogen and oxygen atoms in total. The number of carbonyl (C=O) groups excluding carboxylic acids is 2. The number of methoxy groups -OCH3 is 2. The normalized spacial score (nSPS) is 12.8. The van der Waals surface area contributed by atoms with E-state index in [1.54, 1.807) is 21.3 Å². The maximum Gasteiger partial charge on any atom is 0.220 e. The van der Waals surface area contributed by atoms with Crippen molar-refractivity contribution in [2.45, 2.75) is 58.1 Å². The van der Waals surface area contributed by atoms with Gasteiger partial charge in [0.25, 0.3) is 0 Å². The van der Waals surface area contributed by atoms with Gasteiger partial charge in [0, 0.05) is 32.5 Å². The Morgan fingerprint density at radius 2 is 1.86 bits per heavy atom. The molecule has 0 heterocycles. The Balaban J connectivity index is 2.44. The molecule has 0 saturated heterocycles. The van der Waals surface area contributed by atoms with Gasteiger partial charge < -0.3 is 24.8 Å². The maximum absolute atomic E-state index is 12.3. The molecule has 2 N–H and O–H groups in total. The van der Waals surface area contributed by atoms with Crippen LogP contribution in [-0.2, 0) is 20.9 Å². The van der Waals surface area contributed by atoms with Gasteiger partial charge in [0.1, 0.15) is 0 Å². The van der Waals surface area contributed by atoms with Gasteiger partial charge in [0.15, 0.2) is 11.5 Å². The van der Waals surface area contributed by atoms with Crippen molar-refractivity contribution in [1.29, 1.82) is 0 Å². The van der Waals surface area contributed by atoms with E-state index in [-0.39, 0.29) is 17.4 Å². The molecule has 1 aromatic rings. The van der Waals surface area contributed by atoms with Crippen molar-refractivity contribution in [3.05, 3.63) is 23.8 Å². The Labute approximate surface area is 168 Å². The first kappa shape index (κ1) is 23.8. The summed E-state index contributed by atoms with van der Waals surface area (Å²) in [5.41, 5.74) is 0.617. The van der Waals surface area contributed by atoms with Crippen LogP contribution in [-0.4, -0.2) is 45.2 Å². The van der Waals surface area contributed by atoms with Crippen LogP contribution in [0.15, 0.2) is 18.2 Å². The molecular formula is C21H34N2O5. The van der Waals surface area contributed by atoms with E-state index in [4.69, 9.17) is 14.2 Å². The molecule has 0 fully saturated rings. The molecule has 1 atom stereocenters. The molecule has 0 spiro atoms. The maximum atomic E-state index is 12.3. The molecular weight excluding hydrogens is 360 g/mol. The van der Waals surface area contributed by atoms with E-state index in [9.17, 15) is 9.59 Å². The average molecular weight is 395 g/mol. The fraction of sp³-hybridized carbons (Fsp3) is 0.619. The molecule has 0 radical (unpaired) electrons. The lowest BCUT2D eigenvalue weighted by atomic mass is 9.92. The quantitative estimate of drug-likeness (QED) is 0.503. The molecule has 0 aliphatic carbocycles. The molecule has 1 aromatic carbocycles. The van der Waals surface area contributed by atoms with E-state index in [0.29, 0.717) is 50.4 Å². The van der Waals surface area contributed by atoms with Crippen LogP contribution < -0.4 is 20.1 Å². The van der Waals surface area contributed by atoms with Crippen LogP contribution in [0.4, 0.5) is 0 Å². The van der Waals surface area contributed by atoms with Crippen LogP contribution in [0.1, 0.15) is 51.5 Å². The molecule has 0 bridgehead atoms. The zero-order chi connectivity index (χ0) is 21.0. The topological polar surface area (TPSA) is 85.9 Å². The summed E-state index contributed by atoms with van der Waals surface area (Å²) < 4.78 is 16.2. The highest BCUT2D eigenvalue weighted by molar-refractivity contribution is 5.77. The zero-order valence-electron chi connectivity index (χ0n) is 17.7. The third-order valence-electron chi connectivity index (χ3n) is 4.75. The molecule has 2 amide bonds. The standard InChI is InChI=1S/C21H34N2O5/c1-6-21(2,12-11-19(24)22-3)23-20(25)8-7-13-28-17-10-9-16(15-26-4)14-18(17)27-5/h9-10,14H,6-8,11-13,15H2,1-5H3,(H,22,24)(H,23,25). The SMILES string of the molecule is CCC(C)(CCC(=O)NC)NC(=O)CCCOc1ccc(COC)cc1OC. The predicted molar refractivity (Wildman–Crippen MR) is 109 cm³/mol. The Bertz CT molecular complexity index is 635. The summed E-state index contributed by atoms with van der Waals surface area (Å²) in [5.74, 6) is 1.23. The largest absolute Gasteiger partial charge is 0.493 e. The van der Waals surface area contributed by atoms with E-state index in [1.807, 2.05) is 32.0 Å². The van der Waals surface area contributed by atoms with Crippen LogP contribution in [0.5, 0.6) is 11.5 Å². The number of hydrogen-bond acceptors (Lipinski definition) is 5. The number of rotatable bonds is 13. The zero-order valence-corrected chi connectivity index (χ0v) is 17.7. The van der Waals surface area contributed by atoms with Gasteiger partial charge in [-0.25, -0.2) is 0 Å². The van der Waals surface area contributed by atoms with Gasteiger partial charge in [-0.05, 0) is 43.9 Å². The van der Waals surface area contributed by atoms with E-state index in [2.05, 4.69) is 10.6 Å². The predicted octanol–water partition coefficient (Wildman–Crippen LogP) is 2.81. The van der Waals surface area contributed by atoms with Crippen LogP contribution in [0.3, 0.4) is 0 Å². The number of carbonyl (C=O) groups is 2. The van der Waals surface area contributed by atoms with Gasteiger partial charge in [0.2, 0.25) is 11.8 Å². The highest BCUT2D eigenvalue weighted by Crippen LogP contribution is 2.28. The summed E-state index contributed by atoms with van der Waals surface area (Å²) in [6, 6.07) is 5.65. The lowest BCUT2D eigenvalue weighted by Crippen LogP contribution is -2.46. The Morgan fingerprint density at radius 3 is 2.46 bits per heavy atom. The minimum atomic E-state index is -0.384. The first-order chi connectivity index (χ1) is 13.4. The van der Waals surface area contributed by atoms with E-state index in [0.717, 1.165) is 12.0 Å². The van der Waals surface area contributed by atoms with Crippen LogP contribution in [0.2, 0.25) is 0 Å². The Kier molecular flexibility index (Phi) is 10.4. The number of benzene rings is 1. The summed E-state index contributed by atoms with van der Waals surface area (Å²) in [4.78, 5) is 23.7. The van der Waals surface area contributed by atoms with Gasteiger partial charge in [0.05, 0.1) is 20.3 Å². The van der Waals surface area contributed by atoms with Gasteiger partial charge in [-0.1, -0.05) is 13.0 Å². The van der Waals surface area contributed by atoms with Crippen molar-refractivity contribution < 1.29 is 23.8 Å². The summed E-state index contributed by atoms with van der Waals surface area (Å²) in [5, 5.41) is 5.66. The lowest BCUT2D eigenvalue weighted by molar-refractivity contribution is -0.125. The molecule has 0 aliphatic rings. The fourth-order valence-electron chi connectivity index (χ4n) is 2.74. The third kappa shape index (κ3) is 8.17. The average Bonchev–Trinajstić information content (AvgIpc) is 2.70. The second-order valence-corrected chi connectivity index (χ2v) is 7.01. The first-order valence-corrected chi connectivity index (χ1v) is 9.67. The molecule has 158 valence electrons. The summed E-state index contributed by atoms with van der Waals surface area (Å²) in [7, 11) is 4.85. The van der Waals surface area contributed by atoms with Gasteiger partial charge >= 0.3 is 0 Å². The van der Waals surface area contributed by atoms with Crippen molar-refractivity contribution in [3.63, 3.8) is 0 Å². The second kappa shape index (κ2) is 12.2. The van der Waals surface area contributed by atoms with E-state index in [1.165, 1.54) is 0 Å². The van der Waals surface area contributed by atoms with Gasteiger partial charge in [-0.3, -0.25) is 9.59 Å². The van der Waals surface area contributed by atoms with Crippen molar-refractivity contribution in [2.75, 3.05) is 27.9 Å². The second-order valence-electron chi connectivity index (χ2n) is 7.01. The molecule has 1 unspecified atom stereocenters. The Hall–Kier alpha value is -2.28. The highest BCUT2D eigenvalue weighted by Gasteiger charge is 2.24. The first-order valence-electron chi connectivity index (χ1n) is 9.67. The number of ether oxygens (including phenoxy) is 3. The van der Waals surface area contributed by atoms with Crippen LogP contribution >= 0.6 is 0 Å². The van der Waals surface area contributed by atoms with E-state index >= 15 is 0 Å². The van der Waals surface area contributed by atoms with E-state index < -0.39 is 0 Å². The molecule has 0 aromatic heterocycles. The fourth-order valence-corrected chi connectivity index (χ4v) is 2.74. The van der Waals surface area contributed by atoms with Crippen molar-refractivity contribution in [3.8, 4) is 11.5 Å². The monoisotopic (exact) mass is 394 g/mol. The minimum Gasteiger partial charge on any atom is -0.493 e. The summed E-state index contributed by atoms with van der Waals surface area (Å²) in [6.07, 6.45) is 2.71. The van der Waals surface area contributed by atoms with Gasteiger partial charge in [-0.15, -0.1) is 0 Å². The van der Waals surface area contributed by atoms with Crippen LogP contribution in [0.25, 0.3) is 0 Å². The summed E-state index contributed by atoms with van der Waals surface area (Å²) >= 11 is 0. The van der Waals surface area contributed by atoms with Crippen molar-refractivity contribution >= 4 is 11.8 Å². The highest BCUT2D eigenvalue weighted by atomic mass is 16.5. The number of nitrogens with one attached hydrogen (secondary N) is 2. The Morgan fingerprint density at radius 1 is 1.11 bits per heavy atom. The molecule has 0 saturated carbocycles. The van der Waals surface area contributed by atoms with Crippen molar-refractivity contribution in [1.82, 2.24) is 10.6 Å². The van der Waals surface area contributed by atoms with Gasteiger partial charge in [-0.2, -0.15) is 0 Å². The molecule has 0 aliphatic heterocycles.